The van der Waals surface area contributed by atoms with Gasteiger partial charge < -0.3 is 10.2 Å². The topological polar surface area (TPSA) is 18.5 Å². The predicted molar refractivity (Wildman–Crippen MR) is 85.9 cm³/mol. The van der Waals surface area contributed by atoms with Gasteiger partial charge in [-0.2, -0.15) is 0 Å². The van der Waals surface area contributed by atoms with E-state index in [0.29, 0.717) is 12.1 Å². The SMILES string of the molecule is C=CCN(C)C[C@H](c1ccccc1)N1CCN[C@H](C)C1. The van der Waals surface area contributed by atoms with Crippen LogP contribution in [0.15, 0.2) is 43.0 Å². The summed E-state index contributed by atoms with van der Waals surface area (Å²) in [5, 5.41) is 3.53. The van der Waals surface area contributed by atoms with E-state index in [1.54, 1.807) is 0 Å². The molecule has 0 saturated carbocycles. The van der Waals surface area contributed by atoms with E-state index in [4.69, 9.17) is 0 Å². The quantitative estimate of drug-likeness (QED) is 0.801. The lowest BCUT2D eigenvalue weighted by Crippen LogP contribution is -2.52. The van der Waals surface area contributed by atoms with Gasteiger partial charge in [0.15, 0.2) is 0 Å². The van der Waals surface area contributed by atoms with Crippen LogP contribution >= 0.6 is 0 Å². The van der Waals surface area contributed by atoms with Gasteiger partial charge in [0.25, 0.3) is 0 Å². The third kappa shape index (κ3) is 4.17. The molecule has 0 aliphatic carbocycles. The molecule has 1 aromatic carbocycles. The van der Waals surface area contributed by atoms with Gasteiger partial charge in [0.1, 0.15) is 0 Å². The first-order valence-electron chi connectivity index (χ1n) is 7.52. The lowest BCUT2D eigenvalue weighted by molar-refractivity contribution is 0.121. The average Bonchev–Trinajstić information content (AvgIpc) is 2.46. The molecule has 2 rings (SSSR count). The van der Waals surface area contributed by atoms with Crippen molar-refractivity contribution in [2.24, 2.45) is 0 Å². The van der Waals surface area contributed by atoms with Crippen molar-refractivity contribution in [3.63, 3.8) is 0 Å². The highest BCUT2D eigenvalue weighted by Crippen LogP contribution is 2.22. The van der Waals surface area contributed by atoms with E-state index < -0.39 is 0 Å². The second-order valence-electron chi connectivity index (χ2n) is 5.79. The molecule has 1 aliphatic rings. The molecule has 3 nitrogen and oxygen atoms in total. The zero-order valence-corrected chi connectivity index (χ0v) is 12.8. The summed E-state index contributed by atoms with van der Waals surface area (Å²) in [4.78, 5) is 4.95. The van der Waals surface area contributed by atoms with Crippen LogP contribution in [0.5, 0.6) is 0 Å². The molecule has 0 aromatic heterocycles. The van der Waals surface area contributed by atoms with Gasteiger partial charge in [-0.15, -0.1) is 6.58 Å². The van der Waals surface area contributed by atoms with Crippen molar-refractivity contribution in [1.82, 2.24) is 15.1 Å². The first kappa shape index (κ1) is 15.2. The van der Waals surface area contributed by atoms with Crippen molar-refractivity contribution >= 4 is 0 Å². The van der Waals surface area contributed by atoms with Gasteiger partial charge in [0, 0.05) is 44.8 Å². The average molecular weight is 273 g/mol. The first-order valence-corrected chi connectivity index (χ1v) is 7.52. The molecule has 1 aliphatic heterocycles. The van der Waals surface area contributed by atoms with E-state index in [2.05, 4.69) is 66.0 Å². The second-order valence-corrected chi connectivity index (χ2v) is 5.79. The van der Waals surface area contributed by atoms with Crippen LogP contribution in [0.3, 0.4) is 0 Å². The molecule has 0 radical (unpaired) electrons. The van der Waals surface area contributed by atoms with Crippen molar-refractivity contribution in [3.8, 4) is 0 Å². The Kier molecular flexibility index (Phi) is 5.77. The summed E-state index contributed by atoms with van der Waals surface area (Å²) >= 11 is 0. The highest BCUT2D eigenvalue weighted by Gasteiger charge is 2.25. The van der Waals surface area contributed by atoms with E-state index >= 15 is 0 Å². The predicted octanol–water partition coefficient (Wildman–Crippen LogP) is 2.14. The molecule has 0 amide bonds. The maximum absolute atomic E-state index is 3.84. The number of piperazine rings is 1. The van der Waals surface area contributed by atoms with Crippen molar-refractivity contribution in [1.29, 1.82) is 0 Å². The number of nitrogens with one attached hydrogen (secondary N) is 1. The van der Waals surface area contributed by atoms with Gasteiger partial charge in [-0.1, -0.05) is 36.4 Å². The molecule has 20 heavy (non-hydrogen) atoms. The molecular formula is C17H27N3. The number of hydrogen-bond acceptors (Lipinski definition) is 3. The summed E-state index contributed by atoms with van der Waals surface area (Å²) < 4.78 is 0. The summed E-state index contributed by atoms with van der Waals surface area (Å²) in [6, 6.07) is 11.9. The first-order chi connectivity index (χ1) is 9.70. The lowest BCUT2D eigenvalue weighted by Gasteiger charge is -2.39. The Morgan fingerprint density at radius 3 is 2.85 bits per heavy atom. The van der Waals surface area contributed by atoms with Gasteiger partial charge in [-0.05, 0) is 19.5 Å². The van der Waals surface area contributed by atoms with Crippen LogP contribution < -0.4 is 5.32 Å². The zero-order chi connectivity index (χ0) is 14.4. The monoisotopic (exact) mass is 273 g/mol. The van der Waals surface area contributed by atoms with Gasteiger partial charge in [-0.3, -0.25) is 4.90 Å². The standard InChI is InChI=1S/C17H27N3/c1-4-11-19(3)14-17(16-8-6-5-7-9-16)20-12-10-18-15(2)13-20/h4-9,15,17-18H,1,10-14H2,2-3H3/t15-,17-/m1/s1. The summed E-state index contributed by atoms with van der Waals surface area (Å²) in [5.74, 6) is 0. The third-order valence-corrected chi connectivity index (χ3v) is 3.95. The fraction of sp³-hybridized carbons (Fsp3) is 0.529. The molecule has 1 heterocycles. The maximum Gasteiger partial charge on any atom is 0.0476 e. The van der Waals surface area contributed by atoms with Crippen LogP contribution in [0.2, 0.25) is 0 Å². The highest BCUT2D eigenvalue weighted by atomic mass is 15.3. The minimum atomic E-state index is 0.464. The summed E-state index contributed by atoms with van der Waals surface area (Å²) in [6.07, 6.45) is 1.97. The summed E-state index contributed by atoms with van der Waals surface area (Å²) in [7, 11) is 2.17. The zero-order valence-electron chi connectivity index (χ0n) is 12.8. The van der Waals surface area contributed by atoms with E-state index in [9.17, 15) is 0 Å². The van der Waals surface area contributed by atoms with Gasteiger partial charge in [0.2, 0.25) is 0 Å². The van der Waals surface area contributed by atoms with Crippen molar-refractivity contribution in [3.05, 3.63) is 48.6 Å². The molecular weight excluding hydrogens is 246 g/mol. The van der Waals surface area contributed by atoms with Gasteiger partial charge in [-0.25, -0.2) is 0 Å². The molecule has 1 N–H and O–H groups in total. The molecule has 2 atom stereocenters. The normalized spacial score (nSPS) is 21.9. The molecule has 0 unspecified atom stereocenters. The van der Waals surface area contributed by atoms with Crippen LogP contribution in [0.25, 0.3) is 0 Å². The summed E-state index contributed by atoms with van der Waals surface area (Å²) in [5.41, 5.74) is 1.41. The Balaban J connectivity index is 2.13. The smallest absolute Gasteiger partial charge is 0.0476 e. The Labute approximate surface area is 123 Å². The fourth-order valence-electron chi connectivity index (χ4n) is 2.94. The van der Waals surface area contributed by atoms with Gasteiger partial charge >= 0.3 is 0 Å². The molecule has 0 bridgehead atoms. The molecule has 1 fully saturated rings. The molecule has 0 spiro atoms. The number of hydrogen-bond donors (Lipinski definition) is 1. The van der Waals surface area contributed by atoms with E-state index in [0.717, 1.165) is 32.7 Å². The Morgan fingerprint density at radius 2 is 2.20 bits per heavy atom. The Bertz CT molecular complexity index is 404. The minimum Gasteiger partial charge on any atom is -0.312 e. The number of rotatable bonds is 6. The van der Waals surface area contributed by atoms with Crippen LogP contribution in [-0.2, 0) is 0 Å². The third-order valence-electron chi connectivity index (χ3n) is 3.95. The van der Waals surface area contributed by atoms with Crippen molar-refractivity contribution in [2.45, 2.75) is 19.0 Å². The maximum atomic E-state index is 3.84. The molecule has 1 aromatic rings. The van der Waals surface area contributed by atoms with Crippen LogP contribution in [0, 0.1) is 0 Å². The Hall–Kier alpha value is -1.16. The van der Waals surface area contributed by atoms with Crippen molar-refractivity contribution in [2.75, 3.05) is 39.8 Å². The van der Waals surface area contributed by atoms with Crippen molar-refractivity contribution < 1.29 is 0 Å². The van der Waals surface area contributed by atoms with E-state index in [1.807, 2.05) is 6.08 Å². The fourth-order valence-corrected chi connectivity index (χ4v) is 2.94. The second kappa shape index (κ2) is 7.58. The largest absolute Gasteiger partial charge is 0.312 e. The lowest BCUT2D eigenvalue weighted by atomic mass is 10.0. The van der Waals surface area contributed by atoms with Gasteiger partial charge in [0.05, 0.1) is 0 Å². The van der Waals surface area contributed by atoms with E-state index in [1.165, 1.54) is 5.56 Å². The van der Waals surface area contributed by atoms with Crippen LogP contribution in [-0.4, -0.2) is 55.6 Å². The van der Waals surface area contributed by atoms with Crippen LogP contribution in [0.1, 0.15) is 18.5 Å². The Morgan fingerprint density at radius 1 is 1.45 bits per heavy atom. The molecule has 3 heteroatoms. The van der Waals surface area contributed by atoms with E-state index in [-0.39, 0.29) is 0 Å². The number of benzene rings is 1. The number of likely N-dealkylation sites (N-methyl/N-ethyl adjacent to an activating group) is 1. The molecule has 110 valence electrons. The van der Waals surface area contributed by atoms with Crippen LogP contribution in [0.4, 0.5) is 0 Å². The number of nitrogens with zero attached hydrogens (tertiary/aromatic N) is 2. The summed E-state index contributed by atoms with van der Waals surface area (Å²) in [6.45, 7) is 11.4. The molecule has 1 saturated heterocycles. The highest BCUT2D eigenvalue weighted by molar-refractivity contribution is 5.20. The minimum absolute atomic E-state index is 0.464.